The highest BCUT2D eigenvalue weighted by molar-refractivity contribution is 6.31. The number of hydrogen-bond donors (Lipinski definition) is 1. The topological polar surface area (TPSA) is 32.3 Å². The van der Waals surface area contributed by atoms with Crippen LogP contribution in [0, 0.1) is 11.3 Å². The van der Waals surface area contributed by atoms with Gasteiger partial charge in [-0.3, -0.25) is 4.79 Å². The number of nitrogens with zero attached hydrogens (tertiary/aromatic N) is 1. The molecule has 1 N–H and O–H groups in total. The van der Waals surface area contributed by atoms with Crippen LogP contribution >= 0.6 is 11.6 Å². The van der Waals surface area contributed by atoms with Gasteiger partial charge in [-0.05, 0) is 30.0 Å². The SMILES string of the molecule is CN(C)c1ccc(Cl)cc1NC(=O)C1CC1(C)C. The number of benzene rings is 1. The fraction of sp³-hybridized carbons (Fsp3) is 0.500. The van der Waals surface area contributed by atoms with Gasteiger partial charge in [-0.1, -0.05) is 25.4 Å². The lowest BCUT2D eigenvalue weighted by molar-refractivity contribution is -0.117. The highest BCUT2D eigenvalue weighted by Gasteiger charge is 2.50. The van der Waals surface area contributed by atoms with Gasteiger partial charge in [0.2, 0.25) is 5.91 Å². The van der Waals surface area contributed by atoms with Crippen LogP contribution < -0.4 is 10.2 Å². The molecule has 1 aliphatic rings. The van der Waals surface area contributed by atoms with Gasteiger partial charge in [0, 0.05) is 25.0 Å². The average molecular weight is 267 g/mol. The molecule has 1 aromatic carbocycles. The summed E-state index contributed by atoms with van der Waals surface area (Å²) in [6.07, 6.45) is 0.955. The van der Waals surface area contributed by atoms with E-state index in [1.165, 1.54) is 0 Å². The minimum absolute atomic E-state index is 0.0883. The third-order valence-corrected chi connectivity index (χ3v) is 3.76. The number of carbonyl (C=O) groups excluding carboxylic acids is 1. The van der Waals surface area contributed by atoms with Crippen LogP contribution in [0.4, 0.5) is 11.4 Å². The van der Waals surface area contributed by atoms with E-state index in [1.807, 2.05) is 31.1 Å². The Labute approximate surface area is 113 Å². The van der Waals surface area contributed by atoms with Crippen molar-refractivity contribution in [3.8, 4) is 0 Å². The van der Waals surface area contributed by atoms with Crippen molar-refractivity contribution in [3.63, 3.8) is 0 Å². The summed E-state index contributed by atoms with van der Waals surface area (Å²) < 4.78 is 0. The van der Waals surface area contributed by atoms with Crippen LogP contribution in [0.25, 0.3) is 0 Å². The van der Waals surface area contributed by atoms with Gasteiger partial charge in [0.25, 0.3) is 0 Å². The fourth-order valence-corrected chi connectivity index (χ4v) is 2.31. The first kappa shape index (κ1) is 13.2. The number of amides is 1. The average Bonchev–Trinajstić information content (AvgIpc) is 2.87. The van der Waals surface area contributed by atoms with E-state index in [-0.39, 0.29) is 17.2 Å². The van der Waals surface area contributed by atoms with E-state index in [9.17, 15) is 4.79 Å². The number of rotatable bonds is 3. The third kappa shape index (κ3) is 2.61. The lowest BCUT2D eigenvalue weighted by atomic mass is 10.1. The summed E-state index contributed by atoms with van der Waals surface area (Å²) in [4.78, 5) is 14.1. The summed E-state index contributed by atoms with van der Waals surface area (Å²) in [7, 11) is 3.89. The molecule has 0 spiro atoms. The van der Waals surface area contributed by atoms with Crippen LogP contribution in [-0.2, 0) is 4.79 Å². The van der Waals surface area contributed by atoms with Crippen LogP contribution in [0.2, 0.25) is 5.02 Å². The van der Waals surface area contributed by atoms with Crippen molar-refractivity contribution in [3.05, 3.63) is 23.2 Å². The van der Waals surface area contributed by atoms with E-state index < -0.39 is 0 Å². The molecule has 1 aliphatic carbocycles. The van der Waals surface area contributed by atoms with Crippen molar-refractivity contribution in [2.24, 2.45) is 11.3 Å². The lowest BCUT2D eigenvalue weighted by Gasteiger charge is -2.18. The molecule has 98 valence electrons. The van der Waals surface area contributed by atoms with E-state index in [0.29, 0.717) is 5.02 Å². The maximum absolute atomic E-state index is 12.1. The molecule has 0 saturated heterocycles. The fourth-order valence-electron chi connectivity index (χ4n) is 2.13. The minimum atomic E-state index is 0.0883. The van der Waals surface area contributed by atoms with E-state index in [1.54, 1.807) is 6.07 Å². The first-order valence-electron chi connectivity index (χ1n) is 6.09. The second-order valence-corrected chi connectivity index (χ2v) is 6.23. The zero-order valence-corrected chi connectivity index (χ0v) is 12.0. The number of halogens is 1. The normalized spacial score (nSPS) is 20.4. The molecule has 3 nitrogen and oxygen atoms in total. The van der Waals surface area contributed by atoms with Crippen molar-refractivity contribution in [2.75, 3.05) is 24.3 Å². The number of hydrogen-bond acceptors (Lipinski definition) is 2. The van der Waals surface area contributed by atoms with Crippen LogP contribution in [0.1, 0.15) is 20.3 Å². The second kappa shape index (κ2) is 4.47. The summed E-state index contributed by atoms with van der Waals surface area (Å²) in [5.74, 6) is 0.205. The van der Waals surface area contributed by atoms with Gasteiger partial charge in [0.15, 0.2) is 0 Å². The molecule has 0 heterocycles. The van der Waals surface area contributed by atoms with E-state index in [2.05, 4.69) is 19.2 Å². The Balaban J connectivity index is 2.18. The van der Waals surface area contributed by atoms with Crippen LogP contribution in [0.15, 0.2) is 18.2 Å². The van der Waals surface area contributed by atoms with E-state index >= 15 is 0 Å². The van der Waals surface area contributed by atoms with Gasteiger partial charge >= 0.3 is 0 Å². The number of carbonyl (C=O) groups is 1. The Bertz CT molecular complexity index is 483. The Kier molecular flexibility index (Phi) is 3.28. The minimum Gasteiger partial charge on any atom is -0.376 e. The number of anilines is 2. The molecule has 1 fully saturated rings. The van der Waals surface area contributed by atoms with Gasteiger partial charge in [0.1, 0.15) is 0 Å². The molecule has 0 aromatic heterocycles. The van der Waals surface area contributed by atoms with Gasteiger partial charge in [-0.15, -0.1) is 0 Å². The van der Waals surface area contributed by atoms with Gasteiger partial charge < -0.3 is 10.2 Å². The quantitative estimate of drug-likeness (QED) is 0.910. The Morgan fingerprint density at radius 1 is 1.44 bits per heavy atom. The van der Waals surface area contributed by atoms with Crippen molar-refractivity contribution in [2.45, 2.75) is 20.3 Å². The summed E-state index contributed by atoms with van der Waals surface area (Å²) in [6.45, 7) is 4.23. The van der Waals surface area contributed by atoms with E-state index in [0.717, 1.165) is 17.8 Å². The van der Waals surface area contributed by atoms with Gasteiger partial charge in [-0.2, -0.15) is 0 Å². The summed E-state index contributed by atoms with van der Waals surface area (Å²) >= 11 is 5.99. The first-order chi connectivity index (χ1) is 8.31. The van der Waals surface area contributed by atoms with Crippen LogP contribution in [0.5, 0.6) is 0 Å². The molecular formula is C14H19ClN2O. The molecule has 1 saturated carbocycles. The maximum Gasteiger partial charge on any atom is 0.228 e. The predicted molar refractivity (Wildman–Crippen MR) is 76.3 cm³/mol. The Morgan fingerprint density at radius 3 is 2.56 bits per heavy atom. The largest absolute Gasteiger partial charge is 0.376 e. The molecule has 1 unspecified atom stereocenters. The van der Waals surface area contributed by atoms with Crippen LogP contribution in [-0.4, -0.2) is 20.0 Å². The highest BCUT2D eigenvalue weighted by atomic mass is 35.5. The molecular weight excluding hydrogens is 248 g/mol. The second-order valence-electron chi connectivity index (χ2n) is 5.79. The molecule has 2 rings (SSSR count). The molecule has 0 radical (unpaired) electrons. The smallest absolute Gasteiger partial charge is 0.228 e. The highest BCUT2D eigenvalue weighted by Crippen LogP contribution is 2.52. The molecule has 1 atom stereocenters. The Hall–Kier alpha value is -1.22. The maximum atomic E-state index is 12.1. The van der Waals surface area contributed by atoms with Crippen molar-refractivity contribution in [1.29, 1.82) is 0 Å². The lowest BCUT2D eigenvalue weighted by Crippen LogP contribution is -2.19. The predicted octanol–water partition coefficient (Wildman–Crippen LogP) is 3.39. The zero-order valence-electron chi connectivity index (χ0n) is 11.2. The molecule has 4 heteroatoms. The third-order valence-electron chi connectivity index (χ3n) is 3.53. The standard InChI is InChI=1S/C14H19ClN2O/c1-14(2)8-10(14)13(18)16-11-7-9(15)5-6-12(11)17(3)4/h5-7,10H,8H2,1-4H3,(H,16,18). The monoisotopic (exact) mass is 266 g/mol. The van der Waals surface area contributed by atoms with Gasteiger partial charge in [0.05, 0.1) is 11.4 Å². The molecule has 18 heavy (non-hydrogen) atoms. The molecule has 1 amide bonds. The van der Waals surface area contributed by atoms with E-state index in [4.69, 9.17) is 11.6 Å². The van der Waals surface area contributed by atoms with Crippen molar-refractivity contribution in [1.82, 2.24) is 0 Å². The molecule has 0 bridgehead atoms. The van der Waals surface area contributed by atoms with Crippen LogP contribution in [0.3, 0.4) is 0 Å². The summed E-state index contributed by atoms with van der Waals surface area (Å²) in [5.41, 5.74) is 1.88. The van der Waals surface area contributed by atoms with Crippen molar-refractivity contribution >= 4 is 28.9 Å². The van der Waals surface area contributed by atoms with Crippen molar-refractivity contribution < 1.29 is 4.79 Å². The first-order valence-corrected chi connectivity index (χ1v) is 6.47. The number of nitrogens with one attached hydrogen (secondary N) is 1. The Morgan fingerprint density at radius 2 is 2.06 bits per heavy atom. The summed E-state index contributed by atoms with van der Waals surface area (Å²) in [5, 5.41) is 3.62. The zero-order chi connectivity index (χ0) is 13.5. The molecule has 0 aliphatic heterocycles. The summed E-state index contributed by atoms with van der Waals surface area (Å²) in [6, 6.07) is 5.54. The van der Waals surface area contributed by atoms with Gasteiger partial charge in [-0.25, -0.2) is 0 Å². The molecule has 1 aromatic rings.